The standard InChI is InChI=1S/C14H19ClN2O2/c1-17(8-9-4-3-5-9)14(18)10-6-11(15)12(16)7-13(10)19-2/h6-7,9H,3-5,8,16H2,1-2H3. The molecular formula is C14H19ClN2O2. The second-order valence-corrected chi connectivity index (χ2v) is 5.46. The first-order valence-electron chi connectivity index (χ1n) is 6.41. The lowest BCUT2D eigenvalue weighted by molar-refractivity contribution is 0.0742. The van der Waals surface area contributed by atoms with Crippen molar-refractivity contribution >= 4 is 23.2 Å². The first-order chi connectivity index (χ1) is 9.02. The molecule has 1 aromatic rings. The van der Waals surface area contributed by atoms with E-state index in [1.54, 1.807) is 17.0 Å². The summed E-state index contributed by atoms with van der Waals surface area (Å²) in [4.78, 5) is 14.1. The van der Waals surface area contributed by atoms with Gasteiger partial charge < -0.3 is 15.4 Å². The molecule has 1 amide bonds. The Hall–Kier alpha value is -1.42. The number of anilines is 1. The van der Waals surface area contributed by atoms with Crippen molar-refractivity contribution in [2.75, 3.05) is 26.4 Å². The number of nitrogen functional groups attached to an aromatic ring is 1. The third kappa shape index (κ3) is 2.95. The van der Waals surface area contributed by atoms with Crippen LogP contribution in [-0.2, 0) is 0 Å². The van der Waals surface area contributed by atoms with Crippen molar-refractivity contribution in [3.63, 3.8) is 0 Å². The van der Waals surface area contributed by atoms with E-state index in [0.717, 1.165) is 6.54 Å². The molecular weight excluding hydrogens is 264 g/mol. The number of methoxy groups -OCH3 is 1. The lowest BCUT2D eigenvalue weighted by atomic mass is 9.85. The number of nitrogens with zero attached hydrogens (tertiary/aromatic N) is 1. The molecule has 19 heavy (non-hydrogen) atoms. The number of nitrogens with two attached hydrogens (primary N) is 1. The van der Waals surface area contributed by atoms with E-state index >= 15 is 0 Å². The van der Waals surface area contributed by atoms with Gasteiger partial charge >= 0.3 is 0 Å². The van der Waals surface area contributed by atoms with Gasteiger partial charge in [0.05, 0.1) is 23.4 Å². The van der Waals surface area contributed by atoms with Crippen molar-refractivity contribution in [3.05, 3.63) is 22.7 Å². The van der Waals surface area contributed by atoms with E-state index in [9.17, 15) is 4.79 Å². The minimum atomic E-state index is -0.0781. The number of hydrogen-bond donors (Lipinski definition) is 1. The van der Waals surface area contributed by atoms with Crippen molar-refractivity contribution in [2.45, 2.75) is 19.3 Å². The Morgan fingerprint density at radius 1 is 1.53 bits per heavy atom. The largest absolute Gasteiger partial charge is 0.496 e. The monoisotopic (exact) mass is 282 g/mol. The van der Waals surface area contributed by atoms with E-state index in [4.69, 9.17) is 22.1 Å². The molecule has 0 saturated heterocycles. The number of carbonyl (C=O) groups excluding carboxylic acids is 1. The van der Waals surface area contributed by atoms with Crippen LogP contribution in [0.1, 0.15) is 29.6 Å². The average Bonchev–Trinajstić information content (AvgIpc) is 2.35. The summed E-state index contributed by atoms with van der Waals surface area (Å²) < 4.78 is 5.21. The Kier molecular flexibility index (Phi) is 4.20. The summed E-state index contributed by atoms with van der Waals surface area (Å²) >= 11 is 5.98. The Bertz CT molecular complexity index is 487. The summed E-state index contributed by atoms with van der Waals surface area (Å²) in [6.07, 6.45) is 3.68. The van der Waals surface area contributed by atoms with E-state index in [1.807, 2.05) is 7.05 Å². The van der Waals surface area contributed by atoms with Gasteiger partial charge in [-0.05, 0) is 24.8 Å². The molecule has 2 N–H and O–H groups in total. The molecule has 4 nitrogen and oxygen atoms in total. The number of benzene rings is 1. The van der Waals surface area contributed by atoms with Gasteiger partial charge in [0.25, 0.3) is 5.91 Å². The predicted molar refractivity (Wildman–Crippen MR) is 76.7 cm³/mol. The second kappa shape index (κ2) is 5.70. The van der Waals surface area contributed by atoms with E-state index in [2.05, 4.69) is 0 Å². The fourth-order valence-corrected chi connectivity index (χ4v) is 2.42. The van der Waals surface area contributed by atoms with Crippen LogP contribution in [0.2, 0.25) is 5.02 Å². The fourth-order valence-electron chi connectivity index (χ4n) is 2.26. The van der Waals surface area contributed by atoms with Gasteiger partial charge in [-0.3, -0.25) is 4.79 Å². The minimum absolute atomic E-state index is 0.0781. The third-order valence-corrected chi connectivity index (χ3v) is 3.98. The van der Waals surface area contributed by atoms with Crippen LogP contribution in [0, 0.1) is 5.92 Å². The Morgan fingerprint density at radius 3 is 2.74 bits per heavy atom. The number of amides is 1. The van der Waals surface area contributed by atoms with Gasteiger partial charge in [-0.15, -0.1) is 0 Å². The normalized spacial score (nSPS) is 14.9. The second-order valence-electron chi connectivity index (χ2n) is 5.06. The highest BCUT2D eigenvalue weighted by atomic mass is 35.5. The third-order valence-electron chi connectivity index (χ3n) is 3.65. The van der Waals surface area contributed by atoms with Gasteiger partial charge in [0, 0.05) is 19.7 Å². The van der Waals surface area contributed by atoms with Crippen LogP contribution < -0.4 is 10.5 Å². The number of halogens is 1. The molecule has 5 heteroatoms. The molecule has 0 atom stereocenters. The molecule has 2 rings (SSSR count). The quantitative estimate of drug-likeness (QED) is 0.864. The highest BCUT2D eigenvalue weighted by Gasteiger charge is 2.24. The Labute approximate surface area is 118 Å². The summed E-state index contributed by atoms with van der Waals surface area (Å²) in [6.45, 7) is 0.782. The smallest absolute Gasteiger partial charge is 0.257 e. The zero-order chi connectivity index (χ0) is 14.0. The average molecular weight is 283 g/mol. The molecule has 0 heterocycles. The van der Waals surface area contributed by atoms with Gasteiger partial charge in [0.2, 0.25) is 0 Å². The first-order valence-corrected chi connectivity index (χ1v) is 6.79. The van der Waals surface area contributed by atoms with Gasteiger partial charge in [0.15, 0.2) is 0 Å². The van der Waals surface area contributed by atoms with Crippen LogP contribution in [-0.4, -0.2) is 31.5 Å². The summed E-state index contributed by atoms with van der Waals surface area (Å²) in [5.41, 5.74) is 6.59. The number of carbonyl (C=O) groups is 1. The van der Waals surface area contributed by atoms with Crippen molar-refractivity contribution < 1.29 is 9.53 Å². The fraction of sp³-hybridized carbons (Fsp3) is 0.500. The van der Waals surface area contributed by atoms with Crippen molar-refractivity contribution in [1.82, 2.24) is 4.90 Å². The Balaban J connectivity index is 2.19. The molecule has 0 aromatic heterocycles. The van der Waals surface area contributed by atoms with E-state index < -0.39 is 0 Å². The number of ether oxygens (including phenoxy) is 1. The maximum Gasteiger partial charge on any atom is 0.257 e. The highest BCUT2D eigenvalue weighted by molar-refractivity contribution is 6.33. The van der Waals surface area contributed by atoms with Crippen LogP contribution >= 0.6 is 11.6 Å². The van der Waals surface area contributed by atoms with Crippen molar-refractivity contribution in [3.8, 4) is 5.75 Å². The molecule has 1 aromatic carbocycles. The van der Waals surface area contributed by atoms with Gasteiger partial charge in [-0.25, -0.2) is 0 Å². The lowest BCUT2D eigenvalue weighted by Crippen LogP contribution is -2.34. The molecule has 0 bridgehead atoms. The van der Waals surface area contributed by atoms with Crippen LogP contribution in [0.15, 0.2) is 12.1 Å². The Morgan fingerprint density at radius 2 is 2.21 bits per heavy atom. The molecule has 1 aliphatic rings. The predicted octanol–water partition coefficient (Wildman–Crippen LogP) is 2.80. The van der Waals surface area contributed by atoms with Crippen LogP contribution in [0.5, 0.6) is 5.75 Å². The van der Waals surface area contributed by atoms with Gasteiger partial charge in [-0.2, -0.15) is 0 Å². The zero-order valence-electron chi connectivity index (χ0n) is 11.3. The molecule has 0 aliphatic heterocycles. The van der Waals surface area contributed by atoms with Crippen LogP contribution in [0.3, 0.4) is 0 Å². The van der Waals surface area contributed by atoms with Crippen LogP contribution in [0.4, 0.5) is 5.69 Å². The number of hydrogen-bond acceptors (Lipinski definition) is 3. The minimum Gasteiger partial charge on any atom is -0.496 e. The van der Waals surface area contributed by atoms with Crippen molar-refractivity contribution in [2.24, 2.45) is 5.92 Å². The molecule has 0 radical (unpaired) electrons. The molecule has 104 valence electrons. The first kappa shape index (κ1) is 14.0. The SMILES string of the molecule is COc1cc(N)c(Cl)cc1C(=O)N(C)CC1CCC1. The van der Waals surface area contributed by atoms with Gasteiger partial charge in [0.1, 0.15) is 5.75 Å². The molecule has 1 aliphatic carbocycles. The number of rotatable bonds is 4. The topological polar surface area (TPSA) is 55.6 Å². The van der Waals surface area contributed by atoms with Crippen LogP contribution in [0.25, 0.3) is 0 Å². The molecule has 0 spiro atoms. The van der Waals surface area contributed by atoms with Crippen molar-refractivity contribution in [1.29, 1.82) is 0 Å². The van der Waals surface area contributed by atoms with E-state index in [-0.39, 0.29) is 5.91 Å². The summed E-state index contributed by atoms with van der Waals surface area (Å²) in [5, 5.41) is 0.376. The lowest BCUT2D eigenvalue weighted by Gasteiger charge is -2.30. The van der Waals surface area contributed by atoms with E-state index in [0.29, 0.717) is 27.9 Å². The molecule has 1 fully saturated rings. The summed E-state index contributed by atoms with van der Waals surface area (Å²) in [5.74, 6) is 1.02. The summed E-state index contributed by atoms with van der Waals surface area (Å²) in [7, 11) is 3.33. The van der Waals surface area contributed by atoms with Gasteiger partial charge in [-0.1, -0.05) is 18.0 Å². The maximum atomic E-state index is 12.4. The summed E-state index contributed by atoms with van der Waals surface area (Å²) in [6, 6.07) is 3.17. The van der Waals surface area contributed by atoms with E-state index in [1.165, 1.54) is 26.4 Å². The highest BCUT2D eigenvalue weighted by Crippen LogP contribution is 2.31. The zero-order valence-corrected chi connectivity index (χ0v) is 12.0. The molecule has 0 unspecified atom stereocenters. The molecule has 1 saturated carbocycles. The maximum absolute atomic E-state index is 12.4.